The van der Waals surface area contributed by atoms with Crippen molar-refractivity contribution in [1.82, 2.24) is 4.98 Å². The minimum atomic E-state index is -1.10. The van der Waals surface area contributed by atoms with Crippen LogP contribution in [-0.2, 0) is 0 Å². The van der Waals surface area contributed by atoms with Gasteiger partial charge in [-0.1, -0.05) is 11.6 Å². The van der Waals surface area contributed by atoms with E-state index in [1.807, 2.05) is 6.07 Å². The maximum Gasteiger partial charge on any atom is 0.146 e. The summed E-state index contributed by atoms with van der Waals surface area (Å²) in [5, 5.41) is 0.421. The van der Waals surface area contributed by atoms with Gasteiger partial charge in [0.15, 0.2) is 0 Å². The SMILES string of the molecule is NCC(F)c1cc2nc(Cl)ccc2s1. The van der Waals surface area contributed by atoms with Crippen molar-refractivity contribution >= 4 is 33.2 Å². The van der Waals surface area contributed by atoms with Crippen LogP contribution in [0.5, 0.6) is 0 Å². The monoisotopic (exact) mass is 230 g/mol. The van der Waals surface area contributed by atoms with Crippen LogP contribution in [0.25, 0.3) is 10.2 Å². The van der Waals surface area contributed by atoms with Crippen LogP contribution < -0.4 is 5.73 Å². The quantitative estimate of drug-likeness (QED) is 0.806. The number of nitrogens with two attached hydrogens (primary N) is 1. The molecule has 0 saturated carbocycles. The molecule has 0 saturated heterocycles. The molecule has 74 valence electrons. The maximum atomic E-state index is 13.2. The number of hydrogen-bond acceptors (Lipinski definition) is 3. The van der Waals surface area contributed by atoms with E-state index in [-0.39, 0.29) is 6.54 Å². The molecule has 0 bridgehead atoms. The third-order valence-electron chi connectivity index (χ3n) is 1.87. The predicted octanol–water partition coefficient (Wildman–Crippen LogP) is 2.92. The number of hydrogen-bond donors (Lipinski definition) is 1. The van der Waals surface area contributed by atoms with Crippen LogP contribution in [0.1, 0.15) is 11.0 Å². The van der Waals surface area contributed by atoms with E-state index in [9.17, 15) is 4.39 Å². The third kappa shape index (κ3) is 1.73. The Morgan fingerprint density at radius 2 is 2.36 bits per heavy atom. The molecule has 0 radical (unpaired) electrons. The van der Waals surface area contributed by atoms with Gasteiger partial charge < -0.3 is 5.73 Å². The van der Waals surface area contributed by atoms with Crippen LogP contribution in [0, 0.1) is 0 Å². The normalized spacial score (nSPS) is 13.4. The molecule has 14 heavy (non-hydrogen) atoms. The van der Waals surface area contributed by atoms with E-state index in [1.54, 1.807) is 12.1 Å². The standard InChI is InChI=1S/C9H8ClFN2S/c10-9-2-1-7-6(13-9)3-8(14-7)5(11)4-12/h1-3,5H,4,12H2. The van der Waals surface area contributed by atoms with Gasteiger partial charge in [-0.2, -0.15) is 0 Å². The number of halogens is 2. The van der Waals surface area contributed by atoms with E-state index in [0.29, 0.717) is 10.0 Å². The number of thiophene rings is 1. The summed E-state index contributed by atoms with van der Waals surface area (Å²) in [4.78, 5) is 4.69. The minimum Gasteiger partial charge on any atom is -0.327 e. The van der Waals surface area contributed by atoms with Crippen LogP contribution in [0.4, 0.5) is 4.39 Å². The Balaban J connectivity index is 2.51. The molecule has 0 aromatic carbocycles. The van der Waals surface area contributed by atoms with E-state index in [4.69, 9.17) is 17.3 Å². The molecule has 0 spiro atoms. The van der Waals surface area contributed by atoms with Gasteiger partial charge in [0.05, 0.1) is 10.2 Å². The van der Waals surface area contributed by atoms with Gasteiger partial charge in [-0.25, -0.2) is 9.37 Å². The molecule has 0 aliphatic rings. The molecule has 2 heterocycles. The van der Waals surface area contributed by atoms with Gasteiger partial charge in [-0.05, 0) is 18.2 Å². The van der Waals surface area contributed by atoms with Crippen molar-refractivity contribution in [2.24, 2.45) is 5.73 Å². The summed E-state index contributed by atoms with van der Waals surface area (Å²) in [5.41, 5.74) is 5.97. The summed E-state index contributed by atoms with van der Waals surface area (Å²) < 4.78 is 14.2. The highest BCUT2D eigenvalue weighted by molar-refractivity contribution is 7.19. The van der Waals surface area contributed by atoms with E-state index in [2.05, 4.69) is 4.98 Å². The largest absolute Gasteiger partial charge is 0.327 e. The molecule has 0 amide bonds. The lowest BCUT2D eigenvalue weighted by Crippen LogP contribution is -2.05. The topological polar surface area (TPSA) is 38.9 Å². The van der Waals surface area contributed by atoms with E-state index in [1.165, 1.54) is 11.3 Å². The van der Waals surface area contributed by atoms with Crippen molar-refractivity contribution in [3.63, 3.8) is 0 Å². The lowest BCUT2D eigenvalue weighted by molar-refractivity contribution is 0.359. The third-order valence-corrected chi connectivity index (χ3v) is 3.26. The van der Waals surface area contributed by atoms with Gasteiger partial charge in [-0.15, -0.1) is 11.3 Å². The summed E-state index contributed by atoms with van der Waals surface area (Å²) in [6.07, 6.45) is -1.10. The Morgan fingerprint density at radius 3 is 3.07 bits per heavy atom. The highest BCUT2D eigenvalue weighted by Crippen LogP contribution is 2.30. The Kier molecular flexibility index (Phi) is 2.67. The molecule has 1 atom stereocenters. The maximum absolute atomic E-state index is 13.2. The molecule has 2 nitrogen and oxygen atoms in total. The second-order valence-corrected chi connectivity index (χ2v) is 4.37. The zero-order valence-corrected chi connectivity index (χ0v) is 8.78. The summed E-state index contributed by atoms with van der Waals surface area (Å²) in [7, 11) is 0. The number of rotatable bonds is 2. The van der Waals surface area contributed by atoms with Crippen molar-refractivity contribution in [3.8, 4) is 0 Å². The lowest BCUT2D eigenvalue weighted by atomic mass is 10.3. The Bertz CT molecular complexity index is 457. The summed E-state index contributed by atoms with van der Waals surface area (Å²) >= 11 is 7.08. The predicted molar refractivity (Wildman–Crippen MR) is 57.5 cm³/mol. The van der Waals surface area contributed by atoms with E-state index < -0.39 is 6.17 Å². The van der Waals surface area contributed by atoms with Crippen LogP contribution in [0.2, 0.25) is 5.15 Å². The van der Waals surface area contributed by atoms with Crippen LogP contribution in [-0.4, -0.2) is 11.5 Å². The number of nitrogens with zero attached hydrogens (tertiary/aromatic N) is 1. The van der Waals surface area contributed by atoms with Gasteiger partial charge in [0.25, 0.3) is 0 Å². The first kappa shape index (κ1) is 9.83. The van der Waals surface area contributed by atoms with Gasteiger partial charge in [0.2, 0.25) is 0 Å². The van der Waals surface area contributed by atoms with Crippen LogP contribution in [0.15, 0.2) is 18.2 Å². The van der Waals surface area contributed by atoms with Crippen molar-refractivity contribution in [3.05, 3.63) is 28.2 Å². The summed E-state index contributed by atoms with van der Waals surface area (Å²) in [6.45, 7) is 0.000550. The minimum absolute atomic E-state index is 0.000550. The molecular formula is C9H8ClFN2S. The Morgan fingerprint density at radius 1 is 1.57 bits per heavy atom. The second-order valence-electron chi connectivity index (χ2n) is 2.87. The smallest absolute Gasteiger partial charge is 0.146 e. The summed E-state index contributed by atoms with van der Waals surface area (Å²) in [5.74, 6) is 0. The van der Waals surface area contributed by atoms with Crippen molar-refractivity contribution < 1.29 is 4.39 Å². The average molecular weight is 231 g/mol. The molecule has 0 aliphatic carbocycles. The zero-order valence-electron chi connectivity index (χ0n) is 7.21. The van der Waals surface area contributed by atoms with Crippen molar-refractivity contribution in [2.45, 2.75) is 6.17 Å². The fourth-order valence-electron chi connectivity index (χ4n) is 1.19. The molecule has 2 aromatic heterocycles. The average Bonchev–Trinajstić information content (AvgIpc) is 2.59. The molecule has 2 N–H and O–H groups in total. The Labute approximate surface area is 89.5 Å². The zero-order chi connectivity index (χ0) is 10.1. The molecule has 5 heteroatoms. The molecular weight excluding hydrogens is 223 g/mol. The lowest BCUT2D eigenvalue weighted by Gasteiger charge is -1.98. The number of fused-ring (bicyclic) bond motifs is 1. The number of alkyl halides is 1. The van der Waals surface area contributed by atoms with Crippen molar-refractivity contribution in [2.75, 3.05) is 6.54 Å². The second kappa shape index (κ2) is 3.81. The molecule has 1 unspecified atom stereocenters. The van der Waals surface area contributed by atoms with Crippen molar-refractivity contribution in [1.29, 1.82) is 0 Å². The summed E-state index contributed by atoms with van der Waals surface area (Å²) in [6, 6.07) is 5.23. The molecule has 0 fully saturated rings. The van der Waals surface area contributed by atoms with Gasteiger partial charge in [0, 0.05) is 11.4 Å². The van der Waals surface area contributed by atoms with Gasteiger partial charge >= 0.3 is 0 Å². The first-order valence-electron chi connectivity index (χ1n) is 4.11. The highest BCUT2D eigenvalue weighted by atomic mass is 35.5. The Hall–Kier alpha value is -0.710. The number of pyridine rings is 1. The molecule has 0 aliphatic heterocycles. The first-order chi connectivity index (χ1) is 6.70. The van der Waals surface area contributed by atoms with Gasteiger partial charge in [-0.3, -0.25) is 0 Å². The van der Waals surface area contributed by atoms with Crippen LogP contribution in [0.3, 0.4) is 0 Å². The van der Waals surface area contributed by atoms with Crippen LogP contribution >= 0.6 is 22.9 Å². The fraction of sp³-hybridized carbons (Fsp3) is 0.222. The highest BCUT2D eigenvalue weighted by Gasteiger charge is 2.11. The first-order valence-corrected chi connectivity index (χ1v) is 5.30. The van der Waals surface area contributed by atoms with Gasteiger partial charge in [0.1, 0.15) is 11.3 Å². The fourth-order valence-corrected chi connectivity index (χ4v) is 2.34. The number of aromatic nitrogens is 1. The van der Waals surface area contributed by atoms with E-state index in [0.717, 1.165) is 10.2 Å². The van der Waals surface area contributed by atoms with E-state index >= 15 is 0 Å². The molecule has 2 aromatic rings. The molecule has 2 rings (SSSR count).